The summed E-state index contributed by atoms with van der Waals surface area (Å²) in [7, 11) is 1.43. The van der Waals surface area contributed by atoms with E-state index in [1.807, 2.05) is 19.2 Å². The standard InChI is InChI=1S/C16H24N2O2/c1-11-6-5-9-17-15(11)13-7-4-8-14(10-13)18-12(2)16(19)20-3/h5-6,9,12-14,18H,4,7-8,10H2,1-3H3/t12-,13+,14-/m1/s1. The highest BCUT2D eigenvalue weighted by Crippen LogP contribution is 2.33. The molecule has 0 bridgehead atoms. The van der Waals surface area contributed by atoms with Crippen LogP contribution in [0.4, 0.5) is 0 Å². The highest BCUT2D eigenvalue weighted by Gasteiger charge is 2.27. The zero-order valence-corrected chi connectivity index (χ0v) is 12.6. The number of aromatic nitrogens is 1. The lowest BCUT2D eigenvalue weighted by Gasteiger charge is -2.31. The van der Waals surface area contributed by atoms with Crippen LogP contribution >= 0.6 is 0 Å². The largest absolute Gasteiger partial charge is 0.468 e. The average Bonchev–Trinajstić information content (AvgIpc) is 2.47. The Labute approximate surface area is 120 Å². The molecule has 1 aromatic heterocycles. The first-order valence-corrected chi connectivity index (χ1v) is 7.37. The van der Waals surface area contributed by atoms with Crippen molar-refractivity contribution in [3.63, 3.8) is 0 Å². The molecule has 1 aliphatic carbocycles. The third kappa shape index (κ3) is 3.57. The van der Waals surface area contributed by atoms with Gasteiger partial charge in [-0.05, 0) is 44.7 Å². The average molecular weight is 276 g/mol. The maximum absolute atomic E-state index is 11.5. The first kappa shape index (κ1) is 15.0. The Balaban J connectivity index is 1.99. The molecule has 1 heterocycles. The van der Waals surface area contributed by atoms with Gasteiger partial charge in [0.2, 0.25) is 0 Å². The van der Waals surface area contributed by atoms with Crippen LogP contribution < -0.4 is 5.32 Å². The summed E-state index contributed by atoms with van der Waals surface area (Å²) in [5.41, 5.74) is 2.48. The lowest BCUT2D eigenvalue weighted by Crippen LogP contribution is -2.43. The van der Waals surface area contributed by atoms with Crippen molar-refractivity contribution in [3.8, 4) is 0 Å². The maximum atomic E-state index is 11.5. The molecule has 1 saturated carbocycles. The van der Waals surface area contributed by atoms with E-state index in [9.17, 15) is 4.79 Å². The summed E-state index contributed by atoms with van der Waals surface area (Å²) in [4.78, 5) is 16.0. The van der Waals surface area contributed by atoms with E-state index < -0.39 is 0 Å². The second-order valence-corrected chi connectivity index (χ2v) is 5.68. The molecule has 1 fully saturated rings. The Morgan fingerprint density at radius 1 is 1.50 bits per heavy atom. The molecule has 0 aliphatic heterocycles. The van der Waals surface area contributed by atoms with E-state index in [2.05, 4.69) is 23.3 Å². The topological polar surface area (TPSA) is 51.2 Å². The minimum Gasteiger partial charge on any atom is -0.468 e. The number of nitrogens with zero attached hydrogens (tertiary/aromatic N) is 1. The summed E-state index contributed by atoms with van der Waals surface area (Å²) in [6.07, 6.45) is 6.38. The van der Waals surface area contributed by atoms with Crippen LogP contribution in [0.3, 0.4) is 0 Å². The van der Waals surface area contributed by atoms with E-state index in [4.69, 9.17) is 4.74 Å². The van der Waals surface area contributed by atoms with E-state index in [-0.39, 0.29) is 12.0 Å². The number of carbonyl (C=O) groups is 1. The molecule has 3 atom stereocenters. The van der Waals surface area contributed by atoms with Gasteiger partial charge in [-0.2, -0.15) is 0 Å². The van der Waals surface area contributed by atoms with Crippen molar-refractivity contribution in [2.45, 2.75) is 57.5 Å². The van der Waals surface area contributed by atoms with Gasteiger partial charge < -0.3 is 10.1 Å². The SMILES string of the molecule is COC(=O)[C@@H](C)N[C@@H]1CCC[C@H](c2ncccc2C)C1. The van der Waals surface area contributed by atoms with Crippen LogP contribution in [0.15, 0.2) is 18.3 Å². The fraction of sp³-hybridized carbons (Fsp3) is 0.625. The molecule has 0 aromatic carbocycles. The molecule has 20 heavy (non-hydrogen) atoms. The number of methoxy groups -OCH3 is 1. The number of nitrogens with one attached hydrogen (secondary N) is 1. The molecule has 4 nitrogen and oxygen atoms in total. The number of pyridine rings is 1. The monoisotopic (exact) mass is 276 g/mol. The molecular weight excluding hydrogens is 252 g/mol. The Kier molecular flexibility index (Phi) is 5.12. The minimum absolute atomic E-state index is 0.193. The van der Waals surface area contributed by atoms with Crippen molar-refractivity contribution >= 4 is 5.97 Å². The number of ether oxygens (including phenoxy) is 1. The number of rotatable bonds is 4. The van der Waals surface area contributed by atoms with Crippen LogP contribution in [-0.2, 0) is 9.53 Å². The lowest BCUT2D eigenvalue weighted by atomic mass is 9.82. The predicted octanol–water partition coefficient (Wildman–Crippen LogP) is 2.57. The van der Waals surface area contributed by atoms with Gasteiger partial charge in [0.05, 0.1) is 7.11 Å². The van der Waals surface area contributed by atoms with Crippen LogP contribution in [0.2, 0.25) is 0 Å². The summed E-state index contributed by atoms with van der Waals surface area (Å²) in [6, 6.07) is 4.23. The Morgan fingerprint density at radius 2 is 2.30 bits per heavy atom. The highest BCUT2D eigenvalue weighted by molar-refractivity contribution is 5.75. The van der Waals surface area contributed by atoms with Crippen LogP contribution in [-0.4, -0.2) is 30.1 Å². The molecule has 110 valence electrons. The molecule has 0 unspecified atom stereocenters. The second kappa shape index (κ2) is 6.84. The van der Waals surface area contributed by atoms with E-state index in [1.165, 1.54) is 31.2 Å². The van der Waals surface area contributed by atoms with Gasteiger partial charge in [-0.3, -0.25) is 9.78 Å². The predicted molar refractivity (Wildman–Crippen MR) is 78.6 cm³/mol. The second-order valence-electron chi connectivity index (χ2n) is 5.68. The van der Waals surface area contributed by atoms with Crippen molar-refractivity contribution in [1.29, 1.82) is 0 Å². The molecule has 4 heteroatoms. The summed E-state index contributed by atoms with van der Waals surface area (Å²) in [5, 5.41) is 3.39. The zero-order valence-electron chi connectivity index (χ0n) is 12.6. The zero-order chi connectivity index (χ0) is 14.5. The van der Waals surface area contributed by atoms with Crippen LogP contribution in [0.5, 0.6) is 0 Å². The van der Waals surface area contributed by atoms with Crippen LogP contribution in [0.1, 0.15) is 49.8 Å². The van der Waals surface area contributed by atoms with Gasteiger partial charge >= 0.3 is 5.97 Å². The quantitative estimate of drug-likeness (QED) is 0.859. The molecule has 0 amide bonds. The van der Waals surface area contributed by atoms with Gasteiger partial charge in [-0.25, -0.2) is 0 Å². The summed E-state index contributed by atoms with van der Waals surface area (Å²) >= 11 is 0. The van der Waals surface area contributed by atoms with Crippen molar-refractivity contribution in [2.75, 3.05) is 7.11 Å². The Hall–Kier alpha value is -1.42. The molecular formula is C16H24N2O2. The van der Waals surface area contributed by atoms with Gasteiger partial charge in [0, 0.05) is 23.9 Å². The van der Waals surface area contributed by atoms with E-state index in [0.29, 0.717) is 12.0 Å². The van der Waals surface area contributed by atoms with Crippen LogP contribution in [0.25, 0.3) is 0 Å². The number of aryl methyl sites for hydroxylation is 1. The smallest absolute Gasteiger partial charge is 0.322 e. The molecule has 0 saturated heterocycles. The lowest BCUT2D eigenvalue weighted by molar-refractivity contribution is -0.142. The minimum atomic E-state index is -0.242. The molecule has 0 radical (unpaired) electrons. The molecule has 1 aliphatic rings. The van der Waals surface area contributed by atoms with E-state index in [1.54, 1.807) is 0 Å². The fourth-order valence-electron chi connectivity index (χ4n) is 3.11. The van der Waals surface area contributed by atoms with Crippen molar-refractivity contribution < 1.29 is 9.53 Å². The molecule has 2 rings (SSSR count). The summed E-state index contributed by atoms with van der Waals surface area (Å²) in [6.45, 7) is 3.98. The Bertz CT molecular complexity index is 462. The fourth-order valence-corrected chi connectivity index (χ4v) is 3.11. The van der Waals surface area contributed by atoms with Gasteiger partial charge in [-0.1, -0.05) is 12.5 Å². The molecule has 1 N–H and O–H groups in total. The first-order chi connectivity index (χ1) is 9.61. The Morgan fingerprint density at radius 3 is 3.00 bits per heavy atom. The molecule has 0 spiro atoms. The maximum Gasteiger partial charge on any atom is 0.322 e. The normalized spacial score (nSPS) is 24.1. The third-order valence-corrected chi connectivity index (χ3v) is 4.15. The molecule has 1 aromatic rings. The van der Waals surface area contributed by atoms with Gasteiger partial charge in [0.25, 0.3) is 0 Å². The van der Waals surface area contributed by atoms with Gasteiger partial charge in [-0.15, -0.1) is 0 Å². The van der Waals surface area contributed by atoms with E-state index in [0.717, 1.165) is 12.8 Å². The van der Waals surface area contributed by atoms with Gasteiger partial charge in [0.15, 0.2) is 0 Å². The number of esters is 1. The highest BCUT2D eigenvalue weighted by atomic mass is 16.5. The van der Waals surface area contributed by atoms with E-state index >= 15 is 0 Å². The third-order valence-electron chi connectivity index (χ3n) is 4.15. The number of hydrogen-bond acceptors (Lipinski definition) is 4. The van der Waals surface area contributed by atoms with Gasteiger partial charge in [0.1, 0.15) is 6.04 Å². The van der Waals surface area contributed by atoms with Crippen molar-refractivity contribution in [1.82, 2.24) is 10.3 Å². The van der Waals surface area contributed by atoms with Crippen molar-refractivity contribution in [2.24, 2.45) is 0 Å². The first-order valence-electron chi connectivity index (χ1n) is 7.37. The summed E-state index contributed by atoms with van der Waals surface area (Å²) < 4.78 is 4.77. The van der Waals surface area contributed by atoms with Crippen molar-refractivity contribution in [3.05, 3.63) is 29.6 Å². The number of carbonyl (C=O) groups excluding carboxylic acids is 1. The summed E-state index contributed by atoms with van der Waals surface area (Å²) in [5.74, 6) is 0.299. The van der Waals surface area contributed by atoms with Crippen LogP contribution in [0, 0.1) is 6.92 Å². The number of hydrogen-bond donors (Lipinski definition) is 1.